The zero-order valence-electron chi connectivity index (χ0n) is 11.8. The van der Waals surface area contributed by atoms with Crippen molar-refractivity contribution in [2.75, 3.05) is 26.3 Å². The number of ether oxygens (including phenoxy) is 2. The van der Waals surface area contributed by atoms with Gasteiger partial charge in [-0.2, -0.15) is 0 Å². The normalized spacial score (nSPS) is 28.2. The third-order valence-corrected chi connectivity index (χ3v) is 4.86. The molecule has 1 aromatic carbocycles. The molecule has 3 aliphatic rings. The van der Waals surface area contributed by atoms with Crippen molar-refractivity contribution >= 4 is 5.78 Å². The molecular formula is C16H18FNO3. The molecule has 2 saturated heterocycles. The van der Waals surface area contributed by atoms with E-state index in [9.17, 15) is 9.18 Å². The Kier molecular flexibility index (Phi) is 3.10. The fraction of sp³-hybridized carbons (Fsp3) is 0.562. The molecule has 0 aromatic heterocycles. The van der Waals surface area contributed by atoms with Crippen LogP contribution in [-0.2, 0) is 15.9 Å². The van der Waals surface area contributed by atoms with E-state index in [0.717, 1.165) is 31.5 Å². The summed E-state index contributed by atoms with van der Waals surface area (Å²) in [5.41, 5.74) is 1.51. The van der Waals surface area contributed by atoms with Gasteiger partial charge in [-0.05, 0) is 30.2 Å². The number of hydrogen-bond acceptors (Lipinski definition) is 4. The molecule has 4 rings (SSSR count). The van der Waals surface area contributed by atoms with E-state index in [1.54, 1.807) is 6.07 Å². The summed E-state index contributed by atoms with van der Waals surface area (Å²) in [5, 5.41) is 0. The number of piperidine rings is 1. The standard InChI is InChI=1S/C16H18FNO3/c17-12-1-2-13-11(9-12)10-14(15(13)19)18-5-3-16(4-6-18)20-7-8-21-16/h1-2,9,14H,3-8,10H2. The van der Waals surface area contributed by atoms with Crippen molar-refractivity contribution in [1.82, 2.24) is 4.90 Å². The number of fused-ring (bicyclic) bond motifs is 1. The van der Waals surface area contributed by atoms with Gasteiger partial charge in [0.05, 0.1) is 19.3 Å². The third-order valence-electron chi connectivity index (χ3n) is 4.86. The number of Topliss-reactive ketones (excluding diaryl/α,β-unsaturated/α-hetero) is 1. The van der Waals surface area contributed by atoms with E-state index in [2.05, 4.69) is 4.90 Å². The number of hydrogen-bond donors (Lipinski definition) is 0. The minimum absolute atomic E-state index is 0.120. The molecular weight excluding hydrogens is 273 g/mol. The van der Waals surface area contributed by atoms with Gasteiger partial charge in [0.15, 0.2) is 11.6 Å². The lowest BCUT2D eigenvalue weighted by Gasteiger charge is -2.39. The SMILES string of the molecule is O=C1c2ccc(F)cc2CC1N1CCC2(CC1)OCCO2. The number of carbonyl (C=O) groups excluding carboxylic acids is 1. The lowest BCUT2D eigenvalue weighted by Crippen LogP contribution is -2.50. The molecule has 1 aliphatic carbocycles. The van der Waals surface area contributed by atoms with Crippen molar-refractivity contribution in [1.29, 1.82) is 0 Å². The van der Waals surface area contributed by atoms with Crippen LogP contribution in [0.1, 0.15) is 28.8 Å². The Morgan fingerprint density at radius 1 is 1.19 bits per heavy atom. The van der Waals surface area contributed by atoms with Crippen LogP contribution < -0.4 is 0 Å². The molecule has 1 atom stereocenters. The first-order valence-corrected chi connectivity index (χ1v) is 7.51. The van der Waals surface area contributed by atoms with Crippen LogP contribution in [0.2, 0.25) is 0 Å². The Hall–Kier alpha value is -1.30. The summed E-state index contributed by atoms with van der Waals surface area (Å²) in [5.74, 6) is -0.571. The molecule has 2 heterocycles. The highest BCUT2D eigenvalue weighted by Gasteiger charge is 2.43. The molecule has 0 radical (unpaired) electrons. The summed E-state index contributed by atoms with van der Waals surface area (Å²) in [7, 11) is 0. The van der Waals surface area contributed by atoms with Gasteiger partial charge in [0.1, 0.15) is 5.82 Å². The number of halogens is 1. The monoisotopic (exact) mass is 291 g/mol. The Morgan fingerprint density at radius 2 is 1.90 bits per heavy atom. The summed E-state index contributed by atoms with van der Waals surface area (Å²) >= 11 is 0. The topological polar surface area (TPSA) is 38.8 Å². The predicted octanol–water partition coefficient (Wildman–Crippen LogP) is 1.77. The second-order valence-electron chi connectivity index (χ2n) is 6.03. The molecule has 2 fully saturated rings. The Morgan fingerprint density at radius 3 is 2.62 bits per heavy atom. The summed E-state index contributed by atoms with van der Waals surface area (Å²) < 4.78 is 24.7. The fourth-order valence-electron chi connectivity index (χ4n) is 3.71. The average Bonchev–Trinajstić information content (AvgIpc) is 3.06. The van der Waals surface area contributed by atoms with Gasteiger partial charge in [-0.15, -0.1) is 0 Å². The van der Waals surface area contributed by atoms with E-state index in [-0.39, 0.29) is 17.6 Å². The van der Waals surface area contributed by atoms with Gasteiger partial charge in [-0.3, -0.25) is 9.69 Å². The van der Waals surface area contributed by atoms with Crippen molar-refractivity contribution in [3.05, 3.63) is 35.1 Å². The first kappa shape index (κ1) is 13.4. The van der Waals surface area contributed by atoms with Gasteiger partial charge in [-0.1, -0.05) is 0 Å². The van der Waals surface area contributed by atoms with Crippen LogP contribution >= 0.6 is 0 Å². The Balaban J connectivity index is 1.48. The zero-order valence-corrected chi connectivity index (χ0v) is 11.8. The van der Waals surface area contributed by atoms with Crippen molar-refractivity contribution in [2.24, 2.45) is 0 Å². The largest absolute Gasteiger partial charge is 0.347 e. The molecule has 1 spiro atoms. The number of carbonyl (C=O) groups is 1. The van der Waals surface area contributed by atoms with Gasteiger partial charge in [0.25, 0.3) is 0 Å². The second kappa shape index (κ2) is 4.87. The third kappa shape index (κ3) is 2.20. The molecule has 1 unspecified atom stereocenters. The number of benzene rings is 1. The van der Waals surface area contributed by atoms with E-state index in [0.29, 0.717) is 25.2 Å². The zero-order chi connectivity index (χ0) is 14.4. The van der Waals surface area contributed by atoms with Gasteiger partial charge in [-0.25, -0.2) is 4.39 Å². The van der Waals surface area contributed by atoms with Gasteiger partial charge < -0.3 is 9.47 Å². The van der Waals surface area contributed by atoms with Crippen LogP contribution in [0.15, 0.2) is 18.2 Å². The maximum atomic E-state index is 13.3. The Labute approximate surface area is 122 Å². The van der Waals surface area contributed by atoms with E-state index in [4.69, 9.17) is 9.47 Å². The molecule has 2 aliphatic heterocycles. The van der Waals surface area contributed by atoms with Crippen LogP contribution in [0.4, 0.5) is 4.39 Å². The predicted molar refractivity (Wildman–Crippen MR) is 73.7 cm³/mol. The molecule has 1 aromatic rings. The average molecular weight is 291 g/mol. The molecule has 0 N–H and O–H groups in total. The quantitative estimate of drug-likeness (QED) is 0.790. The maximum absolute atomic E-state index is 13.3. The lowest BCUT2D eigenvalue weighted by molar-refractivity contribution is -0.186. The van der Waals surface area contributed by atoms with Crippen molar-refractivity contribution in [3.8, 4) is 0 Å². The van der Waals surface area contributed by atoms with E-state index >= 15 is 0 Å². The minimum Gasteiger partial charge on any atom is -0.347 e. The van der Waals surface area contributed by atoms with E-state index in [1.165, 1.54) is 12.1 Å². The number of likely N-dealkylation sites (tertiary alicyclic amines) is 1. The maximum Gasteiger partial charge on any atom is 0.180 e. The van der Waals surface area contributed by atoms with Gasteiger partial charge >= 0.3 is 0 Å². The van der Waals surface area contributed by atoms with Crippen molar-refractivity contribution in [3.63, 3.8) is 0 Å². The highest BCUT2D eigenvalue weighted by molar-refractivity contribution is 6.04. The molecule has 21 heavy (non-hydrogen) atoms. The van der Waals surface area contributed by atoms with Gasteiger partial charge in [0, 0.05) is 31.5 Å². The van der Waals surface area contributed by atoms with Crippen LogP contribution in [0.3, 0.4) is 0 Å². The lowest BCUT2D eigenvalue weighted by atomic mass is 10.0. The number of nitrogens with zero attached hydrogens (tertiary/aromatic N) is 1. The molecule has 0 amide bonds. The van der Waals surface area contributed by atoms with Crippen LogP contribution in [-0.4, -0.2) is 48.8 Å². The highest BCUT2D eigenvalue weighted by Crippen LogP contribution is 2.34. The van der Waals surface area contributed by atoms with Gasteiger partial charge in [0.2, 0.25) is 0 Å². The second-order valence-corrected chi connectivity index (χ2v) is 6.03. The summed E-state index contributed by atoms with van der Waals surface area (Å²) in [4.78, 5) is 14.7. The number of rotatable bonds is 1. The number of ketones is 1. The molecule has 4 nitrogen and oxygen atoms in total. The highest BCUT2D eigenvalue weighted by atomic mass is 19.1. The van der Waals surface area contributed by atoms with Crippen molar-refractivity contribution < 1.29 is 18.7 Å². The Bertz CT molecular complexity index is 573. The van der Waals surface area contributed by atoms with Crippen molar-refractivity contribution in [2.45, 2.75) is 31.1 Å². The van der Waals surface area contributed by atoms with Crippen LogP contribution in [0.5, 0.6) is 0 Å². The van der Waals surface area contributed by atoms with E-state index < -0.39 is 5.79 Å². The molecule has 0 bridgehead atoms. The molecule has 112 valence electrons. The summed E-state index contributed by atoms with van der Waals surface area (Å²) in [6.45, 7) is 2.89. The first-order valence-electron chi connectivity index (χ1n) is 7.51. The smallest absolute Gasteiger partial charge is 0.180 e. The van der Waals surface area contributed by atoms with E-state index in [1.807, 2.05) is 0 Å². The molecule has 5 heteroatoms. The van der Waals surface area contributed by atoms with Crippen LogP contribution in [0.25, 0.3) is 0 Å². The summed E-state index contributed by atoms with van der Waals surface area (Å²) in [6.07, 6.45) is 2.20. The fourth-order valence-corrected chi connectivity index (χ4v) is 3.71. The first-order chi connectivity index (χ1) is 10.2. The molecule has 0 saturated carbocycles. The van der Waals surface area contributed by atoms with Crippen LogP contribution in [0, 0.1) is 5.82 Å². The minimum atomic E-state index is -0.420. The summed E-state index contributed by atoms with van der Waals surface area (Å²) in [6, 6.07) is 4.31.